The Balaban J connectivity index is 0.00000241. The van der Waals surface area contributed by atoms with Crippen LogP contribution in [0.25, 0.3) is 12.2 Å². The Morgan fingerprint density at radius 2 is 1.05 bits per heavy atom. The Kier molecular flexibility index (Phi) is 12.3. The van der Waals surface area contributed by atoms with Crippen LogP contribution >= 0.6 is 15.8 Å². The van der Waals surface area contributed by atoms with Gasteiger partial charge in [-0.2, -0.15) is 0 Å². The largest absolute Gasteiger partial charge is 1.00 e. The molecule has 2 aliphatic carbocycles. The summed E-state index contributed by atoms with van der Waals surface area (Å²) in [6, 6.07) is 18.7. The molecule has 37 heavy (non-hydrogen) atoms. The number of hydrogen-bond donors (Lipinski definition) is 0. The van der Waals surface area contributed by atoms with Crippen LogP contribution in [-0.4, -0.2) is 22.6 Å². The minimum Gasteiger partial charge on any atom is -1.00 e. The molecule has 0 nitrogen and oxygen atoms in total. The number of rotatable bonds is 8. The average Bonchev–Trinajstić information content (AvgIpc) is 3.31. The van der Waals surface area contributed by atoms with Crippen molar-refractivity contribution in [3.8, 4) is 0 Å². The first-order valence-electron chi connectivity index (χ1n) is 13.5. The van der Waals surface area contributed by atoms with Gasteiger partial charge in [0.05, 0.1) is 0 Å². The zero-order valence-corrected chi connectivity index (χ0v) is 28.8. The molecule has 0 spiro atoms. The van der Waals surface area contributed by atoms with E-state index >= 15 is 0 Å². The number of allylic oxidation sites excluding steroid dienone is 2. The van der Waals surface area contributed by atoms with Crippen LogP contribution in [0, 0.1) is 0 Å². The normalized spacial score (nSPS) is 18.4. The fourth-order valence-electron chi connectivity index (χ4n) is 6.29. The average molecular weight is 609 g/mol. The third-order valence-electron chi connectivity index (χ3n) is 7.10. The Morgan fingerprint density at radius 1 is 0.649 bits per heavy atom. The second-order valence-electron chi connectivity index (χ2n) is 12.1. The number of benzene rings is 2. The van der Waals surface area contributed by atoms with E-state index in [1.165, 1.54) is 36.3 Å². The zero-order valence-electron chi connectivity index (χ0n) is 23.9. The zero-order chi connectivity index (χ0) is 25.4. The summed E-state index contributed by atoms with van der Waals surface area (Å²) in [6.45, 7) is 19.7. The van der Waals surface area contributed by atoms with Crippen molar-refractivity contribution in [3.63, 3.8) is 0 Å². The quantitative estimate of drug-likeness (QED) is 0.302. The molecule has 5 heteroatoms. The van der Waals surface area contributed by atoms with Crippen LogP contribution in [0.4, 0.5) is 0 Å². The third kappa shape index (κ3) is 7.24. The van der Waals surface area contributed by atoms with Crippen molar-refractivity contribution in [2.75, 3.05) is 12.3 Å². The first-order chi connectivity index (χ1) is 16.6. The summed E-state index contributed by atoms with van der Waals surface area (Å²) >= 11 is -0.316. The van der Waals surface area contributed by atoms with Crippen LogP contribution in [0.2, 0.25) is 0 Å². The number of halogens is 2. The molecule has 0 radical (unpaired) electrons. The van der Waals surface area contributed by atoms with E-state index in [1.54, 1.807) is 16.4 Å². The molecule has 4 rings (SSSR count). The van der Waals surface area contributed by atoms with E-state index in [0.717, 1.165) is 0 Å². The topological polar surface area (TPSA) is 0 Å². The van der Waals surface area contributed by atoms with Crippen LogP contribution in [0.1, 0.15) is 98.9 Å². The van der Waals surface area contributed by atoms with Crippen molar-refractivity contribution >= 4 is 28.0 Å². The molecule has 0 amide bonds. The third-order valence-corrected chi connectivity index (χ3v) is 17.5. The van der Waals surface area contributed by atoms with Gasteiger partial charge >= 0.3 is 228 Å². The summed E-state index contributed by atoms with van der Waals surface area (Å²) in [6.07, 6.45) is 10.7. The Labute approximate surface area is 251 Å². The van der Waals surface area contributed by atoms with Gasteiger partial charge in [-0.25, -0.2) is 0 Å². The maximum Gasteiger partial charge on any atom is -1.00 e. The monoisotopic (exact) mass is 608 g/mol. The van der Waals surface area contributed by atoms with Crippen LogP contribution in [0.5, 0.6) is 0 Å². The van der Waals surface area contributed by atoms with Crippen LogP contribution < -0.4 is 24.8 Å². The molecule has 0 saturated heterocycles. The molecule has 0 fully saturated rings. The fourth-order valence-corrected chi connectivity index (χ4v) is 17.9. The minimum absolute atomic E-state index is 0. The van der Waals surface area contributed by atoms with Crippen molar-refractivity contribution < 1.29 is 44.0 Å². The molecule has 2 aliphatic rings. The van der Waals surface area contributed by atoms with E-state index in [-0.39, 0.29) is 59.8 Å². The van der Waals surface area contributed by atoms with E-state index in [2.05, 4.69) is 116 Å². The number of fused-ring (bicyclic) bond motifs is 2. The van der Waals surface area contributed by atoms with Crippen LogP contribution in [-0.2, 0) is 19.2 Å². The Morgan fingerprint density at radius 3 is 1.49 bits per heavy atom. The van der Waals surface area contributed by atoms with E-state index < -0.39 is 0 Å². The van der Waals surface area contributed by atoms with Gasteiger partial charge in [0.2, 0.25) is 0 Å². The Hall–Kier alpha value is 0.0743. The van der Waals surface area contributed by atoms with Gasteiger partial charge in [-0.05, 0) is 0 Å². The van der Waals surface area contributed by atoms with Gasteiger partial charge < -0.3 is 24.8 Å². The molecule has 0 saturated carbocycles. The molecule has 0 aromatic heterocycles. The first kappa shape index (κ1) is 33.3. The smallest absolute Gasteiger partial charge is 1.00 e. The fraction of sp³-hybridized carbons (Fsp3) is 0.500. The first-order valence-corrected chi connectivity index (χ1v) is 18.3. The van der Waals surface area contributed by atoms with Crippen molar-refractivity contribution in [1.82, 2.24) is 0 Å². The molecular weight excluding hydrogens is 565 g/mol. The van der Waals surface area contributed by atoms with Crippen LogP contribution in [0.3, 0.4) is 0 Å². The summed E-state index contributed by atoms with van der Waals surface area (Å²) < 4.78 is 1.34. The summed E-state index contributed by atoms with van der Waals surface area (Å²) in [5, 5.41) is 4.23. The molecule has 2 aromatic carbocycles. The van der Waals surface area contributed by atoms with Crippen LogP contribution in [0.15, 0.2) is 59.2 Å². The van der Waals surface area contributed by atoms with Gasteiger partial charge in [0.25, 0.3) is 0 Å². The predicted octanol–water partition coefficient (Wildman–Crippen LogP) is 4.65. The molecule has 0 heterocycles. The molecule has 0 bridgehead atoms. The van der Waals surface area contributed by atoms with E-state index in [1.807, 2.05) is 5.31 Å². The van der Waals surface area contributed by atoms with E-state index in [0.29, 0.717) is 18.8 Å². The summed E-state index contributed by atoms with van der Waals surface area (Å²) in [5.74, 6) is 0. The molecule has 0 aliphatic heterocycles. The second-order valence-corrected chi connectivity index (χ2v) is 20.8. The van der Waals surface area contributed by atoms with Crippen molar-refractivity contribution in [1.29, 1.82) is 0 Å². The van der Waals surface area contributed by atoms with Gasteiger partial charge in [0.15, 0.2) is 0 Å². The minimum atomic E-state index is -0.316. The molecule has 0 N–H and O–H groups in total. The number of hydrogen-bond acceptors (Lipinski definition) is 0. The summed E-state index contributed by atoms with van der Waals surface area (Å²) in [4.78, 5) is 0. The summed E-state index contributed by atoms with van der Waals surface area (Å²) in [5.41, 5.74) is 6.28. The van der Waals surface area contributed by atoms with Gasteiger partial charge in [-0.3, -0.25) is 0 Å². The van der Waals surface area contributed by atoms with E-state index in [9.17, 15) is 0 Å². The van der Waals surface area contributed by atoms with Gasteiger partial charge in [0, 0.05) is 0 Å². The van der Waals surface area contributed by atoms with Gasteiger partial charge in [0.1, 0.15) is 0 Å². The van der Waals surface area contributed by atoms with E-state index in [4.69, 9.17) is 0 Å². The maximum atomic E-state index is 2.64. The van der Waals surface area contributed by atoms with Gasteiger partial charge in [-0.15, -0.1) is 0 Å². The molecule has 200 valence electrons. The van der Waals surface area contributed by atoms with Crippen molar-refractivity contribution in [3.05, 3.63) is 81.4 Å². The standard InChI is InChI=1S/C17H24P.C15H20P.2ClH.Ti/c1-16(2,3)18(17(4,5)6)15-11-13-9-7-8-10-14(13)12-15;1-3-9-16(10-4-2)15-11-13-7-5-6-8-14(13)12-15;;;/h7-12H,1-6H3;5-8,11-12H,3-4,9-10H2,1-2H3;2*1H;/q;;;;+2/p-2. The summed E-state index contributed by atoms with van der Waals surface area (Å²) in [7, 11) is -0.314. The second kappa shape index (κ2) is 13.6. The molecular formula is C32H44Cl2P2Ti. The van der Waals surface area contributed by atoms with Crippen molar-refractivity contribution in [2.45, 2.75) is 87.0 Å². The predicted molar refractivity (Wildman–Crippen MR) is 158 cm³/mol. The Bertz CT molecular complexity index is 1090. The van der Waals surface area contributed by atoms with Crippen molar-refractivity contribution in [2.24, 2.45) is 0 Å². The SMILES string of the molecule is CCCP(CCC)C1=Cc2ccccc2[CH]1[Ti+2][CH]1C(P(C(C)(C)C)C(C)(C)C)=Cc2ccccc21.[Cl-].[Cl-]. The van der Waals surface area contributed by atoms with Gasteiger partial charge in [-0.1, -0.05) is 0 Å². The molecule has 2 unspecified atom stereocenters. The maximum absolute atomic E-state index is 2.64. The molecule has 2 aromatic rings. The molecule has 2 atom stereocenters.